The van der Waals surface area contributed by atoms with Crippen molar-refractivity contribution in [1.29, 1.82) is 0 Å². The minimum absolute atomic E-state index is 0. The summed E-state index contributed by atoms with van der Waals surface area (Å²) in [6.45, 7) is 1.92. The molecule has 0 saturated heterocycles. The molecular weight excluding hydrogens is 272 g/mol. The lowest BCUT2D eigenvalue weighted by atomic mass is 9.96. The standard InChI is InChI=1S/C15H12O4.Si/c1-9-4-2-3-5-11(9)10-6-7-12(14(16)17)13(8-10)15(18)19;/h2-8H,1H3,(H,16,17)(H,18,19);. The Morgan fingerprint density at radius 3 is 2.05 bits per heavy atom. The first-order valence-electron chi connectivity index (χ1n) is 5.67. The maximum Gasteiger partial charge on any atom is 0.336 e. The molecule has 20 heavy (non-hydrogen) atoms. The molecule has 0 aliphatic heterocycles. The number of carbonyl (C=O) groups is 2. The maximum atomic E-state index is 11.1. The number of rotatable bonds is 3. The van der Waals surface area contributed by atoms with Crippen LogP contribution in [0.5, 0.6) is 0 Å². The smallest absolute Gasteiger partial charge is 0.336 e. The lowest BCUT2D eigenvalue weighted by Gasteiger charge is -2.08. The van der Waals surface area contributed by atoms with Crippen LogP contribution >= 0.6 is 0 Å². The number of aryl methyl sites for hydroxylation is 1. The Bertz CT molecular complexity index is 665. The van der Waals surface area contributed by atoms with Crippen LogP contribution in [-0.4, -0.2) is 33.1 Å². The van der Waals surface area contributed by atoms with E-state index in [0.717, 1.165) is 11.1 Å². The molecule has 0 aliphatic rings. The molecule has 4 nitrogen and oxygen atoms in total. The summed E-state index contributed by atoms with van der Waals surface area (Å²) in [5.41, 5.74) is 2.18. The second-order valence-corrected chi connectivity index (χ2v) is 4.19. The van der Waals surface area contributed by atoms with Gasteiger partial charge in [-0.25, -0.2) is 9.59 Å². The zero-order chi connectivity index (χ0) is 14.0. The molecule has 4 radical (unpaired) electrons. The fourth-order valence-electron chi connectivity index (χ4n) is 1.97. The highest BCUT2D eigenvalue weighted by molar-refractivity contribution is 6.02. The van der Waals surface area contributed by atoms with E-state index in [1.54, 1.807) is 6.07 Å². The summed E-state index contributed by atoms with van der Waals surface area (Å²) in [4.78, 5) is 22.1. The Hall–Kier alpha value is -2.40. The van der Waals surface area contributed by atoms with Crippen molar-refractivity contribution in [3.63, 3.8) is 0 Å². The second kappa shape index (κ2) is 6.16. The zero-order valence-corrected chi connectivity index (χ0v) is 11.8. The summed E-state index contributed by atoms with van der Waals surface area (Å²) in [6, 6.07) is 11.9. The van der Waals surface area contributed by atoms with Gasteiger partial charge in [-0.3, -0.25) is 0 Å². The van der Waals surface area contributed by atoms with Gasteiger partial charge >= 0.3 is 11.9 Å². The average Bonchev–Trinajstić information content (AvgIpc) is 2.38. The molecule has 2 N–H and O–H groups in total. The largest absolute Gasteiger partial charge is 0.478 e. The van der Waals surface area contributed by atoms with Crippen LogP contribution in [0.25, 0.3) is 11.1 Å². The lowest BCUT2D eigenvalue weighted by Crippen LogP contribution is -2.08. The number of carboxylic acids is 2. The van der Waals surface area contributed by atoms with Crippen LogP contribution in [0.4, 0.5) is 0 Å². The SMILES string of the molecule is Cc1ccccc1-c1ccc(C(=O)O)c(C(=O)O)c1.[Si]. The number of aromatic carboxylic acids is 2. The van der Waals surface area contributed by atoms with Crippen LogP contribution in [0.1, 0.15) is 26.3 Å². The van der Waals surface area contributed by atoms with Crippen LogP contribution in [0, 0.1) is 6.92 Å². The van der Waals surface area contributed by atoms with Gasteiger partial charge in [0.2, 0.25) is 0 Å². The van der Waals surface area contributed by atoms with Gasteiger partial charge in [0, 0.05) is 11.0 Å². The molecule has 0 bridgehead atoms. The highest BCUT2D eigenvalue weighted by atomic mass is 28.1. The summed E-state index contributed by atoms with van der Waals surface area (Å²) in [5.74, 6) is -2.48. The first-order valence-corrected chi connectivity index (χ1v) is 5.67. The molecule has 0 unspecified atom stereocenters. The highest BCUT2D eigenvalue weighted by Crippen LogP contribution is 2.25. The third-order valence-electron chi connectivity index (χ3n) is 2.94. The van der Waals surface area contributed by atoms with E-state index in [4.69, 9.17) is 10.2 Å². The van der Waals surface area contributed by atoms with Crippen LogP contribution in [0.2, 0.25) is 0 Å². The molecule has 0 heterocycles. The zero-order valence-electron chi connectivity index (χ0n) is 10.8. The number of benzene rings is 2. The summed E-state index contributed by atoms with van der Waals surface area (Å²) in [5, 5.41) is 18.1. The number of hydrogen-bond acceptors (Lipinski definition) is 2. The predicted molar refractivity (Wildman–Crippen MR) is 76.3 cm³/mol. The summed E-state index contributed by atoms with van der Waals surface area (Å²) in [7, 11) is 0. The van der Waals surface area contributed by atoms with Crippen LogP contribution in [-0.2, 0) is 0 Å². The highest BCUT2D eigenvalue weighted by Gasteiger charge is 2.17. The van der Waals surface area contributed by atoms with Gasteiger partial charge in [-0.15, -0.1) is 0 Å². The molecule has 0 amide bonds. The molecule has 0 aliphatic carbocycles. The third kappa shape index (κ3) is 2.94. The van der Waals surface area contributed by atoms with E-state index < -0.39 is 11.9 Å². The quantitative estimate of drug-likeness (QED) is 0.850. The molecule has 0 saturated carbocycles. The average molecular weight is 284 g/mol. The van der Waals surface area contributed by atoms with Crippen LogP contribution in [0.3, 0.4) is 0 Å². The Morgan fingerprint density at radius 2 is 1.50 bits per heavy atom. The molecule has 5 heteroatoms. The van der Waals surface area contributed by atoms with Gasteiger partial charge in [-0.2, -0.15) is 0 Å². The van der Waals surface area contributed by atoms with E-state index in [0.29, 0.717) is 5.56 Å². The molecule has 100 valence electrons. The van der Waals surface area contributed by atoms with Crippen molar-refractivity contribution in [1.82, 2.24) is 0 Å². The van der Waals surface area contributed by atoms with Gasteiger partial charge in [0.1, 0.15) is 0 Å². The summed E-state index contributed by atoms with van der Waals surface area (Å²) in [6.07, 6.45) is 0. The van der Waals surface area contributed by atoms with E-state index in [1.165, 1.54) is 12.1 Å². The Kier molecular flexibility index (Phi) is 4.82. The van der Waals surface area contributed by atoms with E-state index in [9.17, 15) is 9.59 Å². The normalized spacial score (nSPS) is 9.65. The fraction of sp³-hybridized carbons (Fsp3) is 0.0667. The third-order valence-corrected chi connectivity index (χ3v) is 2.94. The van der Waals surface area contributed by atoms with Crippen LogP contribution < -0.4 is 0 Å². The minimum Gasteiger partial charge on any atom is -0.478 e. The summed E-state index contributed by atoms with van der Waals surface area (Å²) < 4.78 is 0. The maximum absolute atomic E-state index is 11.1. The molecule has 0 aromatic heterocycles. The minimum atomic E-state index is -1.24. The molecule has 0 atom stereocenters. The van der Waals surface area contributed by atoms with E-state index in [-0.39, 0.29) is 22.1 Å². The van der Waals surface area contributed by atoms with Gasteiger partial charge in [-0.05, 0) is 35.7 Å². The monoisotopic (exact) mass is 284 g/mol. The number of hydrogen-bond donors (Lipinski definition) is 2. The van der Waals surface area contributed by atoms with Crippen molar-refractivity contribution in [2.45, 2.75) is 6.92 Å². The molecule has 2 aromatic carbocycles. The molecular formula is C15H12O4Si. The Labute approximate surface area is 120 Å². The van der Waals surface area contributed by atoms with Crippen molar-refractivity contribution < 1.29 is 19.8 Å². The fourth-order valence-corrected chi connectivity index (χ4v) is 1.97. The van der Waals surface area contributed by atoms with Gasteiger partial charge in [0.25, 0.3) is 0 Å². The second-order valence-electron chi connectivity index (χ2n) is 4.19. The molecule has 2 rings (SSSR count). The van der Waals surface area contributed by atoms with Gasteiger partial charge in [0.15, 0.2) is 0 Å². The topological polar surface area (TPSA) is 74.6 Å². The van der Waals surface area contributed by atoms with Crippen molar-refractivity contribution in [2.24, 2.45) is 0 Å². The van der Waals surface area contributed by atoms with Crippen molar-refractivity contribution in [3.05, 3.63) is 59.2 Å². The lowest BCUT2D eigenvalue weighted by molar-refractivity contribution is 0.0651. The van der Waals surface area contributed by atoms with E-state index >= 15 is 0 Å². The van der Waals surface area contributed by atoms with Gasteiger partial charge in [-0.1, -0.05) is 30.3 Å². The first-order chi connectivity index (χ1) is 9.00. The van der Waals surface area contributed by atoms with E-state index in [2.05, 4.69) is 0 Å². The molecule has 0 spiro atoms. The van der Waals surface area contributed by atoms with E-state index in [1.807, 2.05) is 31.2 Å². The van der Waals surface area contributed by atoms with Crippen LogP contribution in [0.15, 0.2) is 42.5 Å². The predicted octanol–water partition coefficient (Wildman–Crippen LogP) is 2.68. The Balaban J connectivity index is 0.00000200. The Morgan fingerprint density at radius 1 is 0.900 bits per heavy atom. The van der Waals surface area contributed by atoms with Gasteiger partial charge < -0.3 is 10.2 Å². The van der Waals surface area contributed by atoms with Gasteiger partial charge in [0.05, 0.1) is 11.1 Å². The molecule has 0 fully saturated rings. The van der Waals surface area contributed by atoms with Crippen molar-refractivity contribution in [2.75, 3.05) is 0 Å². The van der Waals surface area contributed by atoms with Crippen molar-refractivity contribution in [3.8, 4) is 11.1 Å². The van der Waals surface area contributed by atoms with Crippen molar-refractivity contribution >= 4 is 22.9 Å². The number of carboxylic acid groups (broad SMARTS) is 2. The molecule has 2 aromatic rings. The summed E-state index contributed by atoms with van der Waals surface area (Å²) >= 11 is 0. The first kappa shape index (κ1) is 15.7.